The minimum absolute atomic E-state index is 0.107. The lowest BCUT2D eigenvalue weighted by Gasteiger charge is -2.25. The number of furan rings is 1. The maximum absolute atomic E-state index is 13.7. The summed E-state index contributed by atoms with van der Waals surface area (Å²) in [5.41, 5.74) is 1.50. The lowest BCUT2D eigenvalue weighted by molar-refractivity contribution is -0.384. The molecule has 11 heteroatoms. The molecule has 0 bridgehead atoms. The lowest BCUT2D eigenvalue weighted by atomic mass is 9.95. The summed E-state index contributed by atoms with van der Waals surface area (Å²) in [6, 6.07) is 16.5. The van der Waals surface area contributed by atoms with E-state index >= 15 is 0 Å². The number of methoxy groups -OCH3 is 1. The first kappa shape index (κ1) is 25.6. The number of hydrogen-bond donors (Lipinski definition) is 0. The van der Waals surface area contributed by atoms with E-state index in [1.165, 1.54) is 29.1 Å². The van der Waals surface area contributed by atoms with Crippen LogP contribution in [-0.4, -0.2) is 22.6 Å². The van der Waals surface area contributed by atoms with Gasteiger partial charge >= 0.3 is 5.97 Å². The van der Waals surface area contributed by atoms with Crippen molar-refractivity contribution in [2.24, 2.45) is 4.99 Å². The largest absolute Gasteiger partial charge is 0.466 e. The molecule has 0 aliphatic carbocycles. The van der Waals surface area contributed by atoms with Gasteiger partial charge in [-0.05, 0) is 36.2 Å². The van der Waals surface area contributed by atoms with Crippen molar-refractivity contribution in [1.82, 2.24) is 4.57 Å². The molecule has 2 aromatic heterocycles. The molecule has 2 aromatic carbocycles. The first-order valence-electron chi connectivity index (χ1n) is 11.5. The number of nitrogens with zero attached hydrogens (tertiary/aromatic N) is 3. The van der Waals surface area contributed by atoms with Gasteiger partial charge in [0.05, 0.1) is 39.4 Å². The summed E-state index contributed by atoms with van der Waals surface area (Å²) in [5.74, 6) is 0.105. The molecule has 0 N–H and O–H groups in total. The first-order chi connectivity index (χ1) is 18.3. The number of benzene rings is 2. The molecule has 0 saturated carbocycles. The number of hydrogen-bond acceptors (Lipinski definition) is 8. The minimum atomic E-state index is -0.699. The summed E-state index contributed by atoms with van der Waals surface area (Å²) in [5, 5.41) is 11.5. The number of ether oxygens (including phenoxy) is 1. The zero-order valence-corrected chi connectivity index (χ0v) is 22.6. The van der Waals surface area contributed by atoms with Gasteiger partial charge in [-0.3, -0.25) is 19.5 Å². The molecule has 0 radical (unpaired) electrons. The molecular weight excluding hydrogens is 574 g/mol. The van der Waals surface area contributed by atoms with Gasteiger partial charge in [0.15, 0.2) is 4.80 Å². The molecule has 3 heterocycles. The van der Waals surface area contributed by atoms with E-state index in [1.807, 2.05) is 37.3 Å². The van der Waals surface area contributed by atoms with Gasteiger partial charge in [0.1, 0.15) is 11.5 Å². The van der Waals surface area contributed by atoms with Crippen LogP contribution in [0.4, 0.5) is 5.69 Å². The Balaban J connectivity index is 1.65. The van der Waals surface area contributed by atoms with E-state index in [2.05, 4.69) is 20.9 Å². The average Bonchev–Trinajstić information content (AvgIpc) is 3.51. The molecule has 0 unspecified atom stereocenters. The molecular formula is C27H20BrN3O6S. The summed E-state index contributed by atoms with van der Waals surface area (Å²) in [7, 11) is 1.31. The summed E-state index contributed by atoms with van der Waals surface area (Å²) in [6.45, 7) is 1.89. The Kier molecular flexibility index (Phi) is 6.96. The Morgan fingerprint density at radius 3 is 2.68 bits per heavy atom. The highest BCUT2D eigenvalue weighted by atomic mass is 79.9. The van der Waals surface area contributed by atoms with Crippen molar-refractivity contribution in [2.75, 3.05) is 7.11 Å². The number of allylic oxidation sites excluding steroid dienone is 1. The number of nitro benzene ring substituents is 1. The number of thiazole rings is 1. The minimum Gasteiger partial charge on any atom is -0.466 e. The molecule has 38 heavy (non-hydrogen) atoms. The fourth-order valence-corrected chi connectivity index (χ4v) is 5.73. The van der Waals surface area contributed by atoms with Gasteiger partial charge in [-0.25, -0.2) is 9.79 Å². The van der Waals surface area contributed by atoms with E-state index in [9.17, 15) is 19.7 Å². The molecule has 1 aliphatic rings. The summed E-state index contributed by atoms with van der Waals surface area (Å²) >= 11 is 4.43. The average molecular weight is 594 g/mol. The van der Waals surface area contributed by atoms with Gasteiger partial charge in [-0.1, -0.05) is 64.5 Å². The Hall–Kier alpha value is -4.09. The summed E-state index contributed by atoms with van der Waals surface area (Å²) in [6.07, 6.45) is 2.06. The van der Waals surface area contributed by atoms with Gasteiger partial charge in [-0.2, -0.15) is 0 Å². The Morgan fingerprint density at radius 2 is 2.00 bits per heavy atom. The zero-order chi connectivity index (χ0) is 27.0. The van der Waals surface area contributed by atoms with Crippen LogP contribution in [0.25, 0.3) is 17.4 Å². The van der Waals surface area contributed by atoms with Crippen molar-refractivity contribution >= 4 is 45.0 Å². The predicted molar refractivity (Wildman–Crippen MR) is 145 cm³/mol. The topological polar surface area (TPSA) is 117 Å². The SMILES string of the molecule is CCC1=C(C(=O)OC)[C@@H](c2ccccc2)n2c(s/c(=C/c3ccc(-c4ccc(Br)cc4[N+](=O)[O-])o3)c2=O)=N1. The van der Waals surface area contributed by atoms with Gasteiger partial charge in [0.2, 0.25) is 0 Å². The van der Waals surface area contributed by atoms with Crippen LogP contribution in [0.15, 0.2) is 90.6 Å². The molecule has 0 fully saturated rings. The Morgan fingerprint density at radius 1 is 1.24 bits per heavy atom. The molecule has 5 rings (SSSR count). The van der Waals surface area contributed by atoms with Crippen molar-refractivity contribution < 1.29 is 18.9 Å². The maximum Gasteiger partial charge on any atom is 0.338 e. The zero-order valence-electron chi connectivity index (χ0n) is 20.2. The number of carbonyl (C=O) groups excluding carboxylic acids is 1. The molecule has 0 saturated heterocycles. The van der Waals surface area contributed by atoms with E-state index < -0.39 is 16.9 Å². The molecule has 0 spiro atoms. The van der Waals surface area contributed by atoms with Crippen molar-refractivity contribution in [1.29, 1.82) is 0 Å². The number of halogens is 1. The van der Waals surface area contributed by atoms with Crippen LogP contribution in [0.3, 0.4) is 0 Å². The van der Waals surface area contributed by atoms with Gasteiger partial charge in [-0.15, -0.1) is 0 Å². The Bertz CT molecular complexity index is 1780. The first-order valence-corrected chi connectivity index (χ1v) is 13.2. The number of aromatic nitrogens is 1. The third kappa shape index (κ3) is 4.54. The van der Waals surface area contributed by atoms with Crippen LogP contribution in [0.2, 0.25) is 0 Å². The van der Waals surface area contributed by atoms with E-state index in [0.29, 0.717) is 48.6 Å². The van der Waals surface area contributed by atoms with Crippen LogP contribution in [0.1, 0.15) is 30.7 Å². The van der Waals surface area contributed by atoms with Crippen LogP contribution >= 0.6 is 27.3 Å². The second-order valence-electron chi connectivity index (χ2n) is 8.32. The van der Waals surface area contributed by atoms with Crippen molar-refractivity contribution in [3.8, 4) is 11.3 Å². The lowest BCUT2D eigenvalue weighted by Crippen LogP contribution is -2.40. The highest BCUT2D eigenvalue weighted by Gasteiger charge is 2.33. The van der Waals surface area contributed by atoms with Crippen molar-refractivity contribution in [3.05, 3.63) is 118 Å². The maximum atomic E-state index is 13.7. The monoisotopic (exact) mass is 593 g/mol. The van der Waals surface area contributed by atoms with Crippen molar-refractivity contribution in [3.63, 3.8) is 0 Å². The fourth-order valence-electron chi connectivity index (χ4n) is 4.38. The van der Waals surface area contributed by atoms with Gasteiger partial charge in [0, 0.05) is 16.6 Å². The number of esters is 1. The quantitative estimate of drug-likeness (QED) is 0.181. The molecule has 4 aromatic rings. The van der Waals surface area contributed by atoms with E-state index in [0.717, 1.165) is 5.56 Å². The normalized spacial score (nSPS) is 15.2. The van der Waals surface area contributed by atoms with E-state index in [-0.39, 0.29) is 11.2 Å². The van der Waals surface area contributed by atoms with Crippen LogP contribution < -0.4 is 14.9 Å². The Labute approximate surface area is 228 Å². The second-order valence-corrected chi connectivity index (χ2v) is 10.2. The molecule has 0 amide bonds. The number of fused-ring (bicyclic) bond motifs is 1. The van der Waals surface area contributed by atoms with E-state index in [4.69, 9.17) is 9.15 Å². The number of rotatable bonds is 6. The summed E-state index contributed by atoms with van der Waals surface area (Å²) in [4.78, 5) is 42.7. The number of carbonyl (C=O) groups is 1. The van der Waals surface area contributed by atoms with Crippen LogP contribution in [0.5, 0.6) is 0 Å². The third-order valence-electron chi connectivity index (χ3n) is 6.09. The standard InChI is InChI=1S/C27H20BrN3O6S/c1-3-19-23(26(33)36-2)24(15-7-5-4-6-8-15)30-25(32)22(38-27(30)29-19)14-17-10-12-21(37-17)18-11-9-16(28)13-20(18)31(34)35/h4-14,24H,3H2,1-2H3/b22-14+/t24-/m1/s1. The predicted octanol–water partition coefficient (Wildman–Crippen LogP) is 4.73. The highest BCUT2D eigenvalue weighted by Crippen LogP contribution is 2.34. The van der Waals surface area contributed by atoms with Crippen molar-refractivity contribution in [2.45, 2.75) is 19.4 Å². The molecule has 192 valence electrons. The fraction of sp³-hybridized carbons (Fsp3) is 0.148. The molecule has 1 atom stereocenters. The molecule has 9 nitrogen and oxygen atoms in total. The summed E-state index contributed by atoms with van der Waals surface area (Å²) < 4.78 is 13.4. The third-order valence-corrected chi connectivity index (χ3v) is 7.56. The van der Waals surface area contributed by atoms with E-state index in [1.54, 1.807) is 30.3 Å². The second kappa shape index (κ2) is 10.3. The number of nitro groups is 1. The van der Waals surface area contributed by atoms with Gasteiger partial charge < -0.3 is 9.15 Å². The highest BCUT2D eigenvalue weighted by molar-refractivity contribution is 9.10. The smallest absolute Gasteiger partial charge is 0.338 e. The van der Waals surface area contributed by atoms with Crippen LogP contribution in [0, 0.1) is 10.1 Å². The van der Waals surface area contributed by atoms with Crippen LogP contribution in [-0.2, 0) is 9.53 Å². The molecule has 1 aliphatic heterocycles. The van der Waals surface area contributed by atoms with Gasteiger partial charge in [0.25, 0.3) is 11.2 Å².